The molecule has 4 N–H and O–H groups in total. The molecular weight excluding hydrogens is 250 g/mol. The molecule has 1 aliphatic rings. The number of primary amides is 1. The molecule has 0 aromatic heterocycles. The normalized spacial score (nSPS) is 18.7. The average molecular weight is 275 g/mol. The molecule has 1 aromatic carbocycles. The molecule has 4 nitrogen and oxygen atoms in total. The number of amides is 2. The molecule has 0 saturated heterocycles. The first-order valence-corrected chi connectivity index (χ1v) is 7.38. The first-order valence-electron chi connectivity index (χ1n) is 7.38. The second-order valence-electron chi connectivity index (χ2n) is 6.23. The maximum Gasteiger partial charge on any atom is 0.316 e. The lowest BCUT2D eigenvalue weighted by Crippen LogP contribution is -2.31. The Morgan fingerprint density at radius 3 is 2.45 bits per heavy atom. The minimum atomic E-state index is -0.530. The summed E-state index contributed by atoms with van der Waals surface area (Å²) in [7, 11) is 0. The zero-order valence-electron chi connectivity index (χ0n) is 12.4. The zero-order chi connectivity index (χ0) is 14.6. The number of urea groups is 1. The van der Waals surface area contributed by atoms with Crippen molar-refractivity contribution in [3.63, 3.8) is 0 Å². The van der Waals surface area contributed by atoms with Crippen molar-refractivity contribution in [2.24, 2.45) is 11.1 Å². The smallest absolute Gasteiger partial charge is 0.316 e. The molecule has 0 aliphatic heterocycles. The number of nitrogens with one attached hydrogen (secondary N) is 2. The Morgan fingerprint density at radius 2 is 1.90 bits per heavy atom. The molecule has 0 heterocycles. The maximum absolute atomic E-state index is 10.8. The Kier molecular flexibility index (Phi) is 4.65. The van der Waals surface area contributed by atoms with Crippen LogP contribution in [0.15, 0.2) is 24.3 Å². The molecular formula is C16H25N3O. The highest BCUT2D eigenvalue weighted by molar-refractivity contribution is 5.87. The van der Waals surface area contributed by atoms with E-state index in [1.807, 2.05) is 24.3 Å². The lowest BCUT2D eigenvalue weighted by molar-refractivity contribution is 0.259. The van der Waals surface area contributed by atoms with Crippen LogP contribution in [0.3, 0.4) is 0 Å². The molecule has 1 saturated carbocycles. The number of hydrogen-bond acceptors (Lipinski definition) is 2. The van der Waals surface area contributed by atoms with Crippen LogP contribution in [0.2, 0.25) is 0 Å². The van der Waals surface area contributed by atoms with Gasteiger partial charge in [0.15, 0.2) is 0 Å². The number of nitrogens with two attached hydrogens (primary N) is 1. The van der Waals surface area contributed by atoms with Crippen molar-refractivity contribution in [3.8, 4) is 0 Å². The second-order valence-corrected chi connectivity index (χ2v) is 6.23. The molecule has 110 valence electrons. The van der Waals surface area contributed by atoms with Gasteiger partial charge >= 0.3 is 6.03 Å². The Balaban J connectivity index is 1.88. The van der Waals surface area contributed by atoms with Crippen molar-refractivity contribution in [1.82, 2.24) is 5.32 Å². The van der Waals surface area contributed by atoms with E-state index in [1.165, 1.54) is 31.2 Å². The van der Waals surface area contributed by atoms with Crippen LogP contribution in [-0.2, 0) is 0 Å². The van der Waals surface area contributed by atoms with Crippen LogP contribution in [-0.4, -0.2) is 12.6 Å². The fourth-order valence-electron chi connectivity index (χ4n) is 2.92. The van der Waals surface area contributed by atoms with E-state index in [0.717, 1.165) is 12.2 Å². The third-order valence-electron chi connectivity index (χ3n) is 4.32. The van der Waals surface area contributed by atoms with E-state index in [9.17, 15) is 4.79 Å². The highest BCUT2D eigenvalue weighted by Gasteiger charge is 2.28. The molecule has 1 unspecified atom stereocenters. The van der Waals surface area contributed by atoms with Gasteiger partial charge in [-0.15, -0.1) is 0 Å². The van der Waals surface area contributed by atoms with Crippen molar-refractivity contribution >= 4 is 11.7 Å². The van der Waals surface area contributed by atoms with E-state index in [2.05, 4.69) is 24.5 Å². The summed E-state index contributed by atoms with van der Waals surface area (Å²) in [6.07, 6.45) is 5.38. The summed E-state index contributed by atoms with van der Waals surface area (Å²) < 4.78 is 0. The van der Waals surface area contributed by atoms with Gasteiger partial charge in [0.05, 0.1) is 0 Å². The summed E-state index contributed by atoms with van der Waals surface area (Å²) in [5.74, 6) is 0. The average Bonchev–Trinajstić information content (AvgIpc) is 2.84. The fourth-order valence-corrected chi connectivity index (χ4v) is 2.92. The molecule has 0 radical (unpaired) electrons. The third kappa shape index (κ3) is 3.97. The number of carbonyl (C=O) groups is 1. The molecule has 2 rings (SSSR count). The lowest BCUT2D eigenvalue weighted by atomic mass is 9.88. The minimum Gasteiger partial charge on any atom is -0.351 e. The number of hydrogen-bond donors (Lipinski definition) is 3. The summed E-state index contributed by atoms with van der Waals surface area (Å²) in [5.41, 5.74) is 7.51. The van der Waals surface area contributed by atoms with Gasteiger partial charge in [-0.25, -0.2) is 4.79 Å². The van der Waals surface area contributed by atoms with Crippen molar-refractivity contribution in [2.75, 3.05) is 11.9 Å². The predicted octanol–water partition coefficient (Wildman–Crippen LogP) is 3.41. The van der Waals surface area contributed by atoms with E-state index < -0.39 is 6.03 Å². The molecule has 1 atom stereocenters. The topological polar surface area (TPSA) is 67.2 Å². The SMILES string of the molecule is CC(NCC1(C)CCCC1)c1ccc(NC(N)=O)cc1. The Hall–Kier alpha value is -1.55. The third-order valence-corrected chi connectivity index (χ3v) is 4.32. The highest BCUT2D eigenvalue weighted by atomic mass is 16.2. The van der Waals surface area contributed by atoms with E-state index >= 15 is 0 Å². The van der Waals surface area contributed by atoms with Crippen molar-refractivity contribution in [1.29, 1.82) is 0 Å². The van der Waals surface area contributed by atoms with Gasteiger partial charge in [-0.2, -0.15) is 0 Å². The molecule has 1 aromatic rings. The summed E-state index contributed by atoms with van der Waals surface area (Å²) in [6.45, 7) is 5.61. The zero-order valence-corrected chi connectivity index (χ0v) is 12.4. The number of anilines is 1. The van der Waals surface area contributed by atoms with Gasteiger partial charge in [-0.1, -0.05) is 31.9 Å². The van der Waals surface area contributed by atoms with E-state index in [1.54, 1.807) is 0 Å². The Morgan fingerprint density at radius 1 is 1.30 bits per heavy atom. The van der Waals surface area contributed by atoms with Crippen molar-refractivity contribution in [2.45, 2.75) is 45.6 Å². The maximum atomic E-state index is 10.8. The molecule has 4 heteroatoms. The standard InChI is InChI=1S/C16H25N3O/c1-12(18-11-16(2)9-3-4-10-16)13-5-7-14(8-6-13)19-15(17)20/h5-8,12,18H,3-4,9-11H2,1-2H3,(H3,17,19,20). The van der Waals surface area contributed by atoms with Gasteiger partial charge < -0.3 is 16.4 Å². The van der Waals surface area contributed by atoms with Crippen LogP contribution >= 0.6 is 0 Å². The number of benzene rings is 1. The molecule has 0 spiro atoms. The van der Waals surface area contributed by atoms with Gasteiger partial charge in [0.1, 0.15) is 0 Å². The fraction of sp³-hybridized carbons (Fsp3) is 0.562. The number of rotatable bonds is 5. The number of carbonyl (C=O) groups excluding carboxylic acids is 1. The summed E-state index contributed by atoms with van der Waals surface area (Å²) >= 11 is 0. The summed E-state index contributed by atoms with van der Waals surface area (Å²) in [5, 5.41) is 6.20. The Bertz CT molecular complexity index is 449. The molecule has 0 bridgehead atoms. The first-order chi connectivity index (χ1) is 9.48. The quantitative estimate of drug-likeness (QED) is 0.771. The summed E-state index contributed by atoms with van der Waals surface area (Å²) in [4.78, 5) is 10.8. The largest absolute Gasteiger partial charge is 0.351 e. The first kappa shape index (κ1) is 14.9. The predicted molar refractivity (Wildman–Crippen MR) is 82.6 cm³/mol. The van der Waals surface area contributed by atoms with Gasteiger partial charge in [0.2, 0.25) is 0 Å². The van der Waals surface area contributed by atoms with Crippen LogP contribution in [0.1, 0.15) is 51.1 Å². The second kappa shape index (κ2) is 6.27. The molecule has 1 fully saturated rings. The van der Waals surface area contributed by atoms with Crippen LogP contribution in [0.25, 0.3) is 0 Å². The van der Waals surface area contributed by atoms with E-state index in [0.29, 0.717) is 11.5 Å². The van der Waals surface area contributed by atoms with Gasteiger partial charge in [0.25, 0.3) is 0 Å². The lowest BCUT2D eigenvalue weighted by Gasteiger charge is -2.26. The molecule has 1 aliphatic carbocycles. The van der Waals surface area contributed by atoms with Crippen LogP contribution in [0.4, 0.5) is 10.5 Å². The molecule has 2 amide bonds. The highest BCUT2D eigenvalue weighted by Crippen LogP contribution is 2.37. The van der Waals surface area contributed by atoms with Crippen molar-refractivity contribution in [3.05, 3.63) is 29.8 Å². The van der Waals surface area contributed by atoms with Crippen LogP contribution in [0, 0.1) is 5.41 Å². The molecule has 20 heavy (non-hydrogen) atoms. The van der Waals surface area contributed by atoms with Crippen LogP contribution < -0.4 is 16.4 Å². The van der Waals surface area contributed by atoms with Gasteiger partial charge in [0, 0.05) is 18.3 Å². The monoisotopic (exact) mass is 275 g/mol. The van der Waals surface area contributed by atoms with Gasteiger partial charge in [-0.05, 0) is 42.9 Å². The van der Waals surface area contributed by atoms with Gasteiger partial charge in [-0.3, -0.25) is 0 Å². The van der Waals surface area contributed by atoms with Crippen LogP contribution in [0.5, 0.6) is 0 Å². The van der Waals surface area contributed by atoms with E-state index in [-0.39, 0.29) is 0 Å². The summed E-state index contributed by atoms with van der Waals surface area (Å²) in [6, 6.07) is 7.61. The minimum absolute atomic E-state index is 0.315. The van der Waals surface area contributed by atoms with E-state index in [4.69, 9.17) is 5.73 Å². The Labute approximate surface area is 121 Å². The van der Waals surface area contributed by atoms with Crippen molar-refractivity contribution < 1.29 is 4.79 Å².